The zero-order chi connectivity index (χ0) is 19.0. The Balaban J connectivity index is 2.21. The van der Waals surface area contributed by atoms with Crippen LogP contribution in [0.25, 0.3) is 0 Å². The summed E-state index contributed by atoms with van der Waals surface area (Å²) in [6, 6.07) is 11.8. The molecule has 1 N–H and O–H groups in total. The average molecular weight is 352 g/mol. The van der Waals surface area contributed by atoms with Crippen LogP contribution in [0, 0.1) is 17.0 Å². The van der Waals surface area contributed by atoms with E-state index in [1.54, 1.807) is 24.3 Å². The Labute approximate surface area is 149 Å². The molecule has 1 atom stereocenters. The number of aliphatic hydroxyl groups is 1. The normalized spacial score (nSPS) is 16.9. The van der Waals surface area contributed by atoms with Crippen molar-refractivity contribution in [3.05, 3.63) is 81.1 Å². The molecule has 0 aromatic heterocycles. The summed E-state index contributed by atoms with van der Waals surface area (Å²) in [4.78, 5) is 36.6. The van der Waals surface area contributed by atoms with Crippen molar-refractivity contribution >= 4 is 23.1 Å². The molecule has 0 bridgehead atoms. The van der Waals surface area contributed by atoms with Crippen LogP contribution in [0.5, 0.6) is 0 Å². The highest BCUT2D eigenvalue weighted by Crippen LogP contribution is 2.41. The Kier molecular flexibility index (Phi) is 4.29. The van der Waals surface area contributed by atoms with E-state index in [0.29, 0.717) is 11.3 Å². The number of Topliss-reactive ketones (excluding diaryl/α,β-unsaturated/α-hetero) is 1. The third-order valence-electron chi connectivity index (χ3n) is 4.26. The third-order valence-corrected chi connectivity index (χ3v) is 4.26. The van der Waals surface area contributed by atoms with Crippen molar-refractivity contribution < 1.29 is 19.6 Å². The Hall–Kier alpha value is -3.48. The molecule has 0 spiro atoms. The minimum atomic E-state index is -0.929. The van der Waals surface area contributed by atoms with E-state index >= 15 is 0 Å². The molecule has 1 aliphatic rings. The zero-order valence-corrected chi connectivity index (χ0v) is 14.2. The largest absolute Gasteiger partial charge is 0.503 e. The zero-order valence-electron chi connectivity index (χ0n) is 14.2. The first-order valence-electron chi connectivity index (χ1n) is 7.90. The maximum absolute atomic E-state index is 12.7. The number of carbonyl (C=O) groups is 2. The molecule has 0 saturated heterocycles. The van der Waals surface area contributed by atoms with Crippen molar-refractivity contribution in [3.63, 3.8) is 0 Å². The van der Waals surface area contributed by atoms with Crippen molar-refractivity contribution in [1.82, 2.24) is 0 Å². The fourth-order valence-electron chi connectivity index (χ4n) is 3.13. The number of nitro groups is 1. The van der Waals surface area contributed by atoms with Crippen molar-refractivity contribution in [2.75, 3.05) is 4.90 Å². The molecule has 0 fully saturated rings. The molecule has 0 unspecified atom stereocenters. The highest BCUT2D eigenvalue weighted by atomic mass is 16.6. The molecule has 0 aliphatic carbocycles. The predicted octanol–water partition coefficient (Wildman–Crippen LogP) is 3.39. The number of anilines is 1. The van der Waals surface area contributed by atoms with E-state index in [1.807, 2.05) is 13.0 Å². The fourth-order valence-corrected chi connectivity index (χ4v) is 3.13. The van der Waals surface area contributed by atoms with Crippen molar-refractivity contribution in [2.24, 2.45) is 0 Å². The van der Waals surface area contributed by atoms with Crippen molar-refractivity contribution in [3.8, 4) is 0 Å². The van der Waals surface area contributed by atoms with Gasteiger partial charge in [-0.15, -0.1) is 0 Å². The first-order chi connectivity index (χ1) is 12.3. The van der Waals surface area contributed by atoms with E-state index in [2.05, 4.69) is 0 Å². The van der Waals surface area contributed by atoms with E-state index in [0.717, 1.165) is 5.56 Å². The first-order valence-corrected chi connectivity index (χ1v) is 7.90. The van der Waals surface area contributed by atoms with Gasteiger partial charge in [-0.05, 0) is 37.1 Å². The lowest BCUT2D eigenvalue weighted by Gasteiger charge is -2.26. The molecular weight excluding hydrogens is 336 g/mol. The summed E-state index contributed by atoms with van der Waals surface area (Å²) >= 11 is 0. The molecule has 2 aromatic rings. The summed E-state index contributed by atoms with van der Waals surface area (Å²) < 4.78 is 0. The molecule has 0 radical (unpaired) electrons. The maximum atomic E-state index is 12.7. The number of non-ortho nitro benzene ring substituents is 1. The SMILES string of the molecule is CC(=O)C1=C(O)C(=O)N(c2cccc(C)c2)[C@H]1c1cccc([N+](=O)[O-])c1. The summed E-state index contributed by atoms with van der Waals surface area (Å²) in [7, 11) is 0. The van der Waals surface area contributed by atoms with Gasteiger partial charge in [0.25, 0.3) is 11.6 Å². The van der Waals surface area contributed by atoms with Crippen LogP contribution >= 0.6 is 0 Å². The van der Waals surface area contributed by atoms with Gasteiger partial charge in [-0.2, -0.15) is 0 Å². The number of benzene rings is 2. The molecule has 1 amide bonds. The number of ketones is 1. The van der Waals surface area contributed by atoms with E-state index in [1.165, 1.54) is 30.0 Å². The number of aliphatic hydroxyl groups excluding tert-OH is 1. The molecule has 7 nitrogen and oxygen atoms in total. The van der Waals surface area contributed by atoms with E-state index in [4.69, 9.17) is 0 Å². The van der Waals surface area contributed by atoms with E-state index < -0.39 is 28.4 Å². The first kappa shape index (κ1) is 17.3. The van der Waals surface area contributed by atoms with Crippen LogP contribution in [0.4, 0.5) is 11.4 Å². The van der Waals surface area contributed by atoms with Gasteiger partial charge in [0.1, 0.15) is 0 Å². The van der Waals surface area contributed by atoms with Crippen LogP contribution in [0.15, 0.2) is 59.9 Å². The molecule has 1 heterocycles. The van der Waals surface area contributed by atoms with Gasteiger partial charge in [-0.25, -0.2) is 0 Å². The Morgan fingerprint density at radius 2 is 1.88 bits per heavy atom. The second-order valence-corrected chi connectivity index (χ2v) is 6.09. The molecule has 2 aromatic carbocycles. The van der Waals surface area contributed by atoms with Crippen LogP contribution in [-0.2, 0) is 9.59 Å². The number of nitrogens with zero attached hydrogens (tertiary/aromatic N) is 2. The standard InChI is InChI=1S/C19H16N2O5/c1-11-5-3-7-14(9-11)20-17(16(12(2)22)18(23)19(20)24)13-6-4-8-15(10-13)21(25)26/h3-10,17,23H,1-2H3/t17-/m0/s1. The number of hydrogen-bond acceptors (Lipinski definition) is 5. The summed E-state index contributed by atoms with van der Waals surface area (Å²) in [6.45, 7) is 3.11. The molecule has 1 aliphatic heterocycles. The number of aryl methyl sites for hydroxylation is 1. The van der Waals surface area contributed by atoms with Gasteiger partial charge in [0.05, 0.1) is 16.5 Å². The Morgan fingerprint density at radius 1 is 1.19 bits per heavy atom. The lowest BCUT2D eigenvalue weighted by Crippen LogP contribution is -2.30. The van der Waals surface area contributed by atoms with Gasteiger partial charge in [0.2, 0.25) is 0 Å². The molecule has 26 heavy (non-hydrogen) atoms. The smallest absolute Gasteiger partial charge is 0.294 e. The second kappa shape index (κ2) is 6.44. The number of hydrogen-bond donors (Lipinski definition) is 1. The molecule has 0 saturated carbocycles. The number of nitro benzene ring substituents is 1. The maximum Gasteiger partial charge on any atom is 0.294 e. The number of carbonyl (C=O) groups excluding carboxylic acids is 2. The van der Waals surface area contributed by atoms with Crippen LogP contribution in [0.2, 0.25) is 0 Å². The monoisotopic (exact) mass is 352 g/mol. The molecule has 3 rings (SSSR count). The van der Waals surface area contributed by atoms with Gasteiger partial charge in [-0.3, -0.25) is 24.6 Å². The summed E-state index contributed by atoms with van der Waals surface area (Å²) in [6.07, 6.45) is 0. The molecule has 132 valence electrons. The molecular formula is C19H16N2O5. The minimum absolute atomic E-state index is 0.0722. The molecule has 7 heteroatoms. The summed E-state index contributed by atoms with van der Waals surface area (Å²) in [5.74, 6) is -1.81. The van der Waals surface area contributed by atoms with Crippen LogP contribution < -0.4 is 4.90 Å². The van der Waals surface area contributed by atoms with Crippen LogP contribution in [0.3, 0.4) is 0 Å². The second-order valence-electron chi connectivity index (χ2n) is 6.09. The summed E-state index contributed by atoms with van der Waals surface area (Å²) in [5, 5.41) is 21.4. The number of rotatable bonds is 4. The van der Waals surface area contributed by atoms with Crippen LogP contribution in [-0.4, -0.2) is 21.7 Å². The number of amides is 1. The quantitative estimate of drug-likeness (QED) is 0.671. The fraction of sp³-hybridized carbons (Fsp3) is 0.158. The summed E-state index contributed by atoms with van der Waals surface area (Å²) in [5.41, 5.74) is 1.53. The van der Waals surface area contributed by atoms with E-state index in [-0.39, 0.29) is 11.3 Å². The lowest BCUT2D eigenvalue weighted by atomic mass is 9.96. The average Bonchev–Trinajstić information content (AvgIpc) is 2.86. The Bertz CT molecular complexity index is 964. The van der Waals surface area contributed by atoms with Gasteiger partial charge >= 0.3 is 0 Å². The van der Waals surface area contributed by atoms with E-state index in [9.17, 15) is 24.8 Å². The third kappa shape index (κ3) is 2.83. The van der Waals surface area contributed by atoms with Gasteiger partial charge in [0.15, 0.2) is 11.5 Å². The lowest BCUT2D eigenvalue weighted by molar-refractivity contribution is -0.384. The topological polar surface area (TPSA) is 101 Å². The highest BCUT2D eigenvalue weighted by molar-refractivity contribution is 6.16. The van der Waals surface area contributed by atoms with Gasteiger partial charge < -0.3 is 5.11 Å². The Morgan fingerprint density at radius 3 is 2.50 bits per heavy atom. The van der Waals surface area contributed by atoms with Crippen LogP contribution in [0.1, 0.15) is 24.1 Å². The minimum Gasteiger partial charge on any atom is -0.503 e. The van der Waals surface area contributed by atoms with Crippen molar-refractivity contribution in [1.29, 1.82) is 0 Å². The van der Waals surface area contributed by atoms with Gasteiger partial charge in [0, 0.05) is 17.8 Å². The predicted molar refractivity (Wildman–Crippen MR) is 94.8 cm³/mol. The van der Waals surface area contributed by atoms with Gasteiger partial charge in [-0.1, -0.05) is 24.3 Å². The highest BCUT2D eigenvalue weighted by Gasteiger charge is 2.43. The van der Waals surface area contributed by atoms with Crippen molar-refractivity contribution in [2.45, 2.75) is 19.9 Å².